The Morgan fingerprint density at radius 3 is 2.33 bits per heavy atom. The Morgan fingerprint density at radius 2 is 1.67 bits per heavy atom. The molecule has 0 saturated carbocycles. The first-order valence-electron chi connectivity index (χ1n) is 6.28. The predicted molar refractivity (Wildman–Crippen MR) is 78.0 cm³/mol. The van der Waals surface area contributed by atoms with Crippen LogP contribution in [0.1, 0.15) is 24.1 Å². The van der Waals surface area contributed by atoms with E-state index in [0.29, 0.717) is 6.04 Å². The molecule has 1 atom stereocenters. The summed E-state index contributed by atoms with van der Waals surface area (Å²) >= 11 is 5.88. The molecule has 0 aliphatic heterocycles. The first-order chi connectivity index (χ1) is 8.75. The van der Waals surface area contributed by atoms with Gasteiger partial charge in [0.2, 0.25) is 0 Å². The van der Waals surface area contributed by atoms with E-state index in [-0.39, 0.29) is 0 Å². The Labute approximate surface area is 114 Å². The summed E-state index contributed by atoms with van der Waals surface area (Å²) in [6.07, 6.45) is 1.05. The average molecular weight is 260 g/mol. The van der Waals surface area contributed by atoms with Crippen LogP contribution in [0.2, 0.25) is 5.02 Å². The normalized spacial score (nSPS) is 12.3. The smallest absolute Gasteiger partial charge is 0.0406 e. The van der Waals surface area contributed by atoms with Crippen molar-refractivity contribution in [1.29, 1.82) is 0 Å². The topological polar surface area (TPSA) is 12.0 Å². The summed E-state index contributed by atoms with van der Waals surface area (Å²) in [6, 6.07) is 18.9. The molecule has 1 unspecified atom stereocenters. The van der Waals surface area contributed by atoms with Crippen molar-refractivity contribution < 1.29 is 0 Å². The minimum absolute atomic E-state index is 0.353. The van der Waals surface area contributed by atoms with Crippen molar-refractivity contribution in [2.24, 2.45) is 0 Å². The molecule has 2 rings (SSSR count). The van der Waals surface area contributed by atoms with Crippen molar-refractivity contribution in [3.63, 3.8) is 0 Å². The van der Waals surface area contributed by atoms with Gasteiger partial charge in [0.15, 0.2) is 0 Å². The lowest BCUT2D eigenvalue weighted by Crippen LogP contribution is -2.21. The Hall–Kier alpha value is -1.31. The van der Waals surface area contributed by atoms with E-state index in [0.717, 1.165) is 18.0 Å². The molecule has 0 bridgehead atoms. The van der Waals surface area contributed by atoms with E-state index >= 15 is 0 Å². The van der Waals surface area contributed by atoms with E-state index in [1.165, 1.54) is 11.1 Å². The molecule has 0 aliphatic carbocycles. The maximum absolute atomic E-state index is 5.88. The highest BCUT2D eigenvalue weighted by Crippen LogP contribution is 2.15. The monoisotopic (exact) mass is 259 g/mol. The van der Waals surface area contributed by atoms with Crippen LogP contribution in [0.4, 0.5) is 0 Å². The van der Waals surface area contributed by atoms with Crippen molar-refractivity contribution in [3.8, 4) is 0 Å². The molecule has 0 radical (unpaired) electrons. The average Bonchev–Trinajstić information content (AvgIpc) is 2.40. The van der Waals surface area contributed by atoms with Crippen LogP contribution in [0.5, 0.6) is 0 Å². The number of rotatable bonds is 5. The fraction of sp³-hybridized carbons (Fsp3) is 0.250. The minimum atomic E-state index is 0.353. The zero-order valence-electron chi connectivity index (χ0n) is 10.6. The molecule has 1 N–H and O–H groups in total. The molecule has 1 nitrogen and oxygen atoms in total. The van der Waals surface area contributed by atoms with Gasteiger partial charge in [-0.2, -0.15) is 0 Å². The molecule has 18 heavy (non-hydrogen) atoms. The fourth-order valence-corrected chi connectivity index (χ4v) is 2.07. The Balaban J connectivity index is 1.81. The van der Waals surface area contributed by atoms with Crippen LogP contribution in [0.15, 0.2) is 54.6 Å². The molecule has 2 heteroatoms. The lowest BCUT2D eigenvalue weighted by Gasteiger charge is -2.14. The van der Waals surface area contributed by atoms with E-state index in [9.17, 15) is 0 Å². The molecule has 2 aromatic rings. The van der Waals surface area contributed by atoms with Gasteiger partial charge in [0, 0.05) is 11.1 Å². The minimum Gasteiger partial charge on any atom is -0.310 e. The number of nitrogens with one attached hydrogen (secondary N) is 1. The van der Waals surface area contributed by atoms with Gasteiger partial charge in [-0.05, 0) is 43.1 Å². The first kappa shape index (κ1) is 13.1. The number of hydrogen-bond donors (Lipinski definition) is 1. The van der Waals surface area contributed by atoms with E-state index < -0.39 is 0 Å². The lowest BCUT2D eigenvalue weighted by molar-refractivity contribution is 0.577. The predicted octanol–water partition coefficient (Wildman–Crippen LogP) is 4.23. The molecule has 0 spiro atoms. The summed E-state index contributed by atoms with van der Waals surface area (Å²) in [5, 5.41) is 4.31. The molecule has 0 aliphatic rings. The first-order valence-corrected chi connectivity index (χ1v) is 6.66. The largest absolute Gasteiger partial charge is 0.310 e. The number of hydrogen-bond acceptors (Lipinski definition) is 1. The van der Waals surface area contributed by atoms with E-state index in [4.69, 9.17) is 11.6 Å². The maximum atomic E-state index is 5.88. The van der Waals surface area contributed by atoms with Gasteiger partial charge in [-0.25, -0.2) is 0 Å². The maximum Gasteiger partial charge on any atom is 0.0406 e. The van der Waals surface area contributed by atoms with E-state index in [1.807, 2.05) is 18.2 Å². The van der Waals surface area contributed by atoms with Crippen LogP contribution in [-0.4, -0.2) is 6.54 Å². The molecule has 0 aromatic heterocycles. The van der Waals surface area contributed by atoms with Gasteiger partial charge >= 0.3 is 0 Å². The van der Waals surface area contributed by atoms with Gasteiger partial charge in [0.05, 0.1) is 0 Å². The Bertz CT molecular complexity index is 464. The third-order valence-electron chi connectivity index (χ3n) is 3.08. The van der Waals surface area contributed by atoms with Crippen LogP contribution in [0.25, 0.3) is 0 Å². The van der Waals surface area contributed by atoms with Gasteiger partial charge in [-0.1, -0.05) is 54.1 Å². The molecule has 0 saturated heterocycles. The van der Waals surface area contributed by atoms with Crippen LogP contribution in [0.3, 0.4) is 0 Å². The molecule has 2 aromatic carbocycles. The third-order valence-corrected chi connectivity index (χ3v) is 3.33. The van der Waals surface area contributed by atoms with Crippen molar-refractivity contribution in [2.75, 3.05) is 6.54 Å². The Morgan fingerprint density at radius 1 is 1.00 bits per heavy atom. The van der Waals surface area contributed by atoms with Crippen molar-refractivity contribution in [3.05, 3.63) is 70.7 Å². The second kappa shape index (κ2) is 6.58. The molecule has 94 valence electrons. The van der Waals surface area contributed by atoms with Gasteiger partial charge < -0.3 is 5.32 Å². The highest BCUT2D eigenvalue weighted by atomic mass is 35.5. The van der Waals surface area contributed by atoms with Gasteiger partial charge in [-0.3, -0.25) is 0 Å². The zero-order valence-corrected chi connectivity index (χ0v) is 11.3. The fourth-order valence-electron chi connectivity index (χ4n) is 1.95. The number of halogens is 1. The standard InChI is InChI=1S/C16H18ClN/c1-13(15-7-9-16(17)10-8-15)18-12-11-14-5-3-2-4-6-14/h2-10,13,18H,11-12H2,1H3. The highest BCUT2D eigenvalue weighted by molar-refractivity contribution is 6.30. The van der Waals surface area contributed by atoms with Gasteiger partial charge in [-0.15, -0.1) is 0 Å². The summed E-state index contributed by atoms with van der Waals surface area (Å²) < 4.78 is 0. The highest BCUT2D eigenvalue weighted by Gasteiger charge is 2.03. The zero-order chi connectivity index (χ0) is 12.8. The van der Waals surface area contributed by atoms with Gasteiger partial charge in [0.25, 0.3) is 0 Å². The molecular weight excluding hydrogens is 242 g/mol. The van der Waals surface area contributed by atoms with Crippen LogP contribution >= 0.6 is 11.6 Å². The lowest BCUT2D eigenvalue weighted by atomic mass is 10.1. The summed E-state index contributed by atoms with van der Waals surface area (Å²) in [5.74, 6) is 0. The van der Waals surface area contributed by atoms with Crippen LogP contribution in [0, 0.1) is 0 Å². The summed E-state index contributed by atoms with van der Waals surface area (Å²) in [7, 11) is 0. The SMILES string of the molecule is CC(NCCc1ccccc1)c1ccc(Cl)cc1. The molecule has 0 heterocycles. The third kappa shape index (κ3) is 3.86. The van der Waals surface area contributed by atoms with E-state index in [1.54, 1.807) is 0 Å². The van der Waals surface area contributed by atoms with Crippen LogP contribution < -0.4 is 5.32 Å². The number of benzene rings is 2. The second-order valence-electron chi connectivity index (χ2n) is 4.46. The van der Waals surface area contributed by atoms with Crippen molar-refractivity contribution in [2.45, 2.75) is 19.4 Å². The quantitative estimate of drug-likeness (QED) is 0.847. The Kier molecular flexibility index (Phi) is 4.80. The van der Waals surface area contributed by atoms with Crippen molar-refractivity contribution >= 4 is 11.6 Å². The molecule has 0 amide bonds. The summed E-state index contributed by atoms with van der Waals surface area (Å²) in [6.45, 7) is 3.15. The molecular formula is C16H18ClN. The second-order valence-corrected chi connectivity index (χ2v) is 4.90. The summed E-state index contributed by atoms with van der Waals surface area (Å²) in [4.78, 5) is 0. The van der Waals surface area contributed by atoms with Gasteiger partial charge in [0.1, 0.15) is 0 Å². The van der Waals surface area contributed by atoms with Crippen molar-refractivity contribution in [1.82, 2.24) is 5.32 Å². The van der Waals surface area contributed by atoms with E-state index in [2.05, 4.69) is 48.6 Å². The van der Waals surface area contributed by atoms with Crippen LogP contribution in [-0.2, 0) is 6.42 Å². The summed E-state index contributed by atoms with van der Waals surface area (Å²) in [5.41, 5.74) is 2.64. The molecule has 0 fully saturated rings.